The van der Waals surface area contributed by atoms with Crippen molar-refractivity contribution in [3.8, 4) is 0 Å². The maximum absolute atomic E-state index is 13.0. The first-order chi connectivity index (χ1) is 29.8. The highest BCUT2D eigenvalue weighted by Gasteiger charge is 2.44. The van der Waals surface area contributed by atoms with Gasteiger partial charge in [-0.05, 0) is 70.6 Å². The van der Waals surface area contributed by atoms with E-state index in [1.54, 1.807) is 6.08 Å². The predicted octanol–water partition coefficient (Wildman–Crippen LogP) is 10.7. The monoisotopic (exact) mass is 856 g/mol. The van der Waals surface area contributed by atoms with Crippen molar-refractivity contribution in [1.82, 2.24) is 5.32 Å². The zero-order valence-corrected chi connectivity index (χ0v) is 38.4. The van der Waals surface area contributed by atoms with E-state index in [1.807, 2.05) is 6.08 Å². The lowest BCUT2D eigenvalue weighted by Gasteiger charge is -2.40. The lowest BCUT2D eigenvalue weighted by Crippen LogP contribution is -2.60. The van der Waals surface area contributed by atoms with Gasteiger partial charge in [0.1, 0.15) is 24.4 Å². The number of ether oxygens (including phenoxy) is 2. The largest absolute Gasteiger partial charge is 0.394 e. The Kier molecular flexibility index (Phi) is 38.3. The molecule has 7 atom stereocenters. The molecule has 350 valence electrons. The van der Waals surface area contributed by atoms with Gasteiger partial charge in [-0.3, -0.25) is 4.79 Å². The van der Waals surface area contributed by atoms with Gasteiger partial charge in [0.2, 0.25) is 5.91 Å². The molecular formula is C52H89NO8. The Morgan fingerprint density at radius 1 is 0.574 bits per heavy atom. The van der Waals surface area contributed by atoms with Crippen LogP contribution in [0.15, 0.2) is 85.1 Å². The van der Waals surface area contributed by atoms with E-state index in [1.165, 1.54) is 57.8 Å². The van der Waals surface area contributed by atoms with Crippen LogP contribution in [0.2, 0.25) is 0 Å². The second-order valence-corrected chi connectivity index (χ2v) is 16.5. The molecule has 0 saturated carbocycles. The number of rotatable bonds is 39. The van der Waals surface area contributed by atoms with Gasteiger partial charge in [-0.25, -0.2) is 0 Å². The van der Waals surface area contributed by atoms with Crippen LogP contribution < -0.4 is 5.32 Å². The molecule has 1 saturated heterocycles. The van der Waals surface area contributed by atoms with Crippen LogP contribution >= 0.6 is 0 Å². The van der Waals surface area contributed by atoms with E-state index in [0.29, 0.717) is 6.42 Å². The minimum absolute atomic E-state index is 0.196. The van der Waals surface area contributed by atoms with E-state index >= 15 is 0 Å². The van der Waals surface area contributed by atoms with Gasteiger partial charge in [-0.2, -0.15) is 0 Å². The third-order valence-corrected chi connectivity index (χ3v) is 11.0. The van der Waals surface area contributed by atoms with Crippen molar-refractivity contribution >= 4 is 5.91 Å². The van der Waals surface area contributed by atoms with Crippen molar-refractivity contribution in [1.29, 1.82) is 0 Å². The van der Waals surface area contributed by atoms with Crippen LogP contribution in [-0.2, 0) is 14.3 Å². The average Bonchev–Trinajstić information content (AvgIpc) is 3.26. The van der Waals surface area contributed by atoms with Gasteiger partial charge in [0.25, 0.3) is 0 Å². The third-order valence-electron chi connectivity index (χ3n) is 11.0. The quantitative estimate of drug-likeness (QED) is 0.0264. The van der Waals surface area contributed by atoms with Crippen LogP contribution in [-0.4, -0.2) is 87.5 Å². The molecule has 0 spiro atoms. The SMILES string of the molecule is CC/C=C\C/C=C\C/C=C\C/C=C\C/C=C\C/C=C\CCCCCCCCC(=O)NC(COC1OC(CO)C(O)C(O)C1O)C(O)/C=C/CCCCCCCCCCCCC. The van der Waals surface area contributed by atoms with E-state index in [9.17, 15) is 30.3 Å². The van der Waals surface area contributed by atoms with Crippen molar-refractivity contribution in [3.05, 3.63) is 85.1 Å². The lowest BCUT2D eigenvalue weighted by molar-refractivity contribution is -0.302. The van der Waals surface area contributed by atoms with Crippen molar-refractivity contribution < 1.29 is 39.8 Å². The molecule has 1 heterocycles. The van der Waals surface area contributed by atoms with Gasteiger partial charge >= 0.3 is 0 Å². The fourth-order valence-electron chi connectivity index (χ4n) is 7.10. The number of allylic oxidation sites excluding steroid dienone is 13. The van der Waals surface area contributed by atoms with Crippen molar-refractivity contribution in [2.24, 2.45) is 0 Å². The molecule has 0 aromatic rings. The molecule has 0 bridgehead atoms. The standard InChI is InChI=1S/C52H89NO8/c1-3-5-7-9-11-13-15-17-18-19-20-21-22-23-24-25-26-27-28-30-32-34-36-38-40-42-48(56)53-45(44-60-52-51(59)50(58)49(57)47(43-54)61-52)46(55)41-39-37-35-33-31-29-16-14-12-10-8-6-4-2/h5,7,11,13,17-18,20-21,23-24,26-27,39,41,45-47,49-52,54-55,57-59H,3-4,6,8-10,12,14-16,19,22,25,28-38,40,42-44H2,1-2H3,(H,53,56)/b7-5-,13-11-,18-17-,21-20-,24-23-,27-26-,41-39+. The molecule has 7 unspecified atom stereocenters. The fraction of sp³-hybridized carbons (Fsp3) is 0.712. The molecule has 0 aliphatic carbocycles. The molecule has 1 aliphatic rings. The van der Waals surface area contributed by atoms with E-state index in [4.69, 9.17) is 9.47 Å². The van der Waals surface area contributed by atoms with Crippen LogP contribution in [0.5, 0.6) is 0 Å². The molecule has 1 rings (SSSR count). The number of hydrogen-bond donors (Lipinski definition) is 6. The summed E-state index contributed by atoms with van der Waals surface area (Å²) in [5, 5.41) is 54.2. The number of nitrogens with one attached hydrogen (secondary N) is 1. The van der Waals surface area contributed by atoms with E-state index < -0.39 is 49.5 Å². The Balaban J connectivity index is 2.32. The van der Waals surface area contributed by atoms with Crippen LogP contribution in [0, 0.1) is 0 Å². The summed E-state index contributed by atoms with van der Waals surface area (Å²) >= 11 is 0. The molecule has 0 aromatic carbocycles. The Bertz CT molecular complexity index is 1220. The summed E-state index contributed by atoms with van der Waals surface area (Å²) < 4.78 is 11.2. The smallest absolute Gasteiger partial charge is 0.220 e. The van der Waals surface area contributed by atoms with Crippen molar-refractivity contribution in [2.75, 3.05) is 13.2 Å². The summed E-state index contributed by atoms with van der Waals surface area (Å²) in [5.74, 6) is -0.196. The van der Waals surface area contributed by atoms with Gasteiger partial charge in [-0.15, -0.1) is 0 Å². The first kappa shape index (κ1) is 56.4. The maximum atomic E-state index is 13.0. The van der Waals surface area contributed by atoms with Crippen LogP contribution in [0.3, 0.4) is 0 Å². The molecule has 9 heteroatoms. The summed E-state index contributed by atoms with van der Waals surface area (Å²) in [5.41, 5.74) is 0. The molecule has 1 aliphatic heterocycles. The third kappa shape index (κ3) is 31.8. The normalized spacial score (nSPS) is 21.2. The van der Waals surface area contributed by atoms with Gasteiger partial charge < -0.3 is 40.3 Å². The second-order valence-electron chi connectivity index (χ2n) is 16.5. The molecule has 6 N–H and O–H groups in total. The minimum atomic E-state index is -1.57. The summed E-state index contributed by atoms with van der Waals surface area (Å²) in [7, 11) is 0. The second kappa shape index (κ2) is 41.4. The number of hydrogen-bond acceptors (Lipinski definition) is 8. The first-order valence-corrected chi connectivity index (χ1v) is 24.3. The van der Waals surface area contributed by atoms with E-state index in [0.717, 1.165) is 103 Å². The topological polar surface area (TPSA) is 149 Å². The highest BCUT2D eigenvalue weighted by atomic mass is 16.7. The predicted molar refractivity (Wildman–Crippen MR) is 253 cm³/mol. The van der Waals surface area contributed by atoms with E-state index in [2.05, 4.69) is 92.1 Å². The number of amides is 1. The van der Waals surface area contributed by atoms with Crippen molar-refractivity contribution in [3.63, 3.8) is 0 Å². The number of unbranched alkanes of at least 4 members (excludes halogenated alkanes) is 17. The summed E-state index contributed by atoms with van der Waals surface area (Å²) in [6.07, 6.45) is 50.5. The maximum Gasteiger partial charge on any atom is 0.220 e. The van der Waals surface area contributed by atoms with Gasteiger partial charge in [-0.1, -0.05) is 189 Å². The molecule has 0 radical (unpaired) electrons. The number of aliphatic hydroxyl groups is 5. The van der Waals surface area contributed by atoms with Crippen LogP contribution in [0.4, 0.5) is 0 Å². The van der Waals surface area contributed by atoms with Gasteiger partial charge in [0, 0.05) is 6.42 Å². The summed E-state index contributed by atoms with van der Waals surface area (Å²) in [6.45, 7) is 3.63. The number of carbonyl (C=O) groups excluding carboxylic acids is 1. The molecular weight excluding hydrogens is 767 g/mol. The number of aliphatic hydroxyl groups excluding tert-OH is 5. The Hall–Kier alpha value is -2.63. The molecule has 0 aromatic heterocycles. The number of carbonyl (C=O) groups is 1. The molecule has 1 fully saturated rings. The zero-order valence-electron chi connectivity index (χ0n) is 38.4. The van der Waals surface area contributed by atoms with Crippen molar-refractivity contribution in [2.45, 2.75) is 224 Å². The molecule has 61 heavy (non-hydrogen) atoms. The minimum Gasteiger partial charge on any atom is -0.394 e. The average molecular weight is 856 g/mol. The van der Waals surface area contributed by atoms with E-state index in [-0.39, 0.29) is 12.5 Å². The highest BCUT2D eigenvalue weighted by molar-refractivity contribution is 5.76. The van der Waals surface area contributed by atoms with Crippen LogP contribution in [0.1, 0.15) is 181 Å². The van der Waals surface area contributed by atoms with Gasteiger partial charge in [0.05, 0.1) is 25.4 Å². The first-order valence-electron chi connectivity index (χ1n) is 24.3. The van der Waals surface area contributed by atoms with Crippen LogP contribution in [0.25, 0.3) is 0 Å². The summed E-state index contributed by atoms with van der Waals surface area (Å²) in [4.78, 5) is 13.0. The summed E-state index contributed by atoms with van der Waals surface area (Å²) in [6, 6.07) is -0.817. The lowest BCUT2D eigenvalue weighted by atomic mass is 9.99. The van der Waals surface area contributed by atoms with Gasteiger partial charge in [0.15, 0.2) is 6.29 Å². The fourth-order valence-corrected chi connectivity index (χ4v) is 7.10. The Labute approximate surface area is 371 Å². The highest BCUT2D eigenvalue weighted by Crippen LogP contribution is 2.22. The zero-order chi connectivity index (χ0) is 44.4. The molecule has 9 nitrogen and oxygen atoms in total. The Morgan fingerprint density at radius 2 is 1.02 bits per heavy atom. The Morgan fingerprint density at radius 3 is 1.51 bits per heavy atom. The molecule has 1 amide bonds.